The fourth-order valence-corrected chi connectivity index (χ4v) is 2.67. The number of carbonyl (C=O) groups is 2. The molecule has 0 aliphatic rings. The van der Waals surface area contributed by atoms with Crippen LogP contribution in [0.4, 0.5) is 0 Å². The number of rotatable bonds is 9. The highest BCUT2D eigenvalue weighted by Gasteiger charge is 2.20. The molecular weight excluding hydrogens is 346 g/mol. The van der Waals surface area contributed by atoms with Gasteiger partial charge >= 0.3 is 5.97 Å². The second-order valence-electron chi connectivity index (χ2n) is 6.11. The summed E-state index contributed by atoms with van der Waals surface area (Å²) >= 11 is 0. The van der Waals surface area contributed by atoms with Gasteiger partial charge in [0.15, 0.2) is 6.61 Å². The van der Waals surface area contributed by atoms with Gasteiger partial charge in [0, 0.05) is 6.04 Å². The van der Waals surface area contributed by atoms with Crippen LogP contribution in [0.25, 0.3) is 0 Å². The van der Waals surface area contributed by atoms with Gasteiger partial charge in [-0.1, -0.05) is 36.4 Å². The van der Waals surface area contributed by atoms with Crippen LogP contribution in [0.3, 0.4) is 0 Å². The molecule has 27 heavy (non-hydrogen) atoms. The largest absolute Gasteiger partial charge is 0.496 e. The van der Waals surface area contributed by atoms with E-state index in [0.29, 0.717) is 11.5 Å². The Kier molecular flexibility index (Phi) is 7.67. The van der Waals surface area contributed by atoms with Gasteiger partial charge in [0.2, 0.25) is 0 Å². The second-order valence-corrected chi connectivity index (χ2v) is 6.11. The summed E-state index contributed by atoms with van der Waals surface area (Å²) in [5.41, 5.74) is 1.38. The van der Waals surface area contributed by atoms with Gasteiger partial charge in [-0.25, -0.2) is 4.79 Å². The molecule has 0 aliphatic heterocycles. The summed E-state index contributed by atoms with van der Waals surface area (Å²) in [5.74, 6) is -0.360. The normalized spacial score (nSPS) is 11.4. The molecule has 0 aromatic heterocycles. The Bertz CT molecular complexity index is 738. The molecule has 0 spiro atoms. The van der Waals surface area contributed by atoms with E-state index in [1.807, 2.05) is 25.1 Å². The third-order valence-corrected chi connectivity index (χ3v) is 4.08. The van der Waals surface area contributed by atoms with Crippen molar-refractivity contribution in [1.82, 2.24) is 5.32 Å². The zero-order chi connectivity index (χ0) is 19.6. The SMILES string of the molecule is COc1cccc(OC)c1C(=O)OCC(=O)N[C@@H](C)CCc1ccccc1. The van der Waals surface area contributed by atoms with E-state index in [1.165, 1.54) is 19.8 Å². The minimum Gasteiger partial charge on any atom is -0.496 e. The number of amides is 1. The Morgan fingerprint density at radius 2 is 1.59 bits per heavy atom. The monoisotopic (exact) mass is 371 g/mol. The van der Waals surface area contributed by atoms with Crippen molar-refractivity contribution in [2.45, 2.75) is 25.8 Å². The maximum Gasteiger partial charge on any atom is 0.346 e. The molecule has 0 aliphatic carbocycles. The summed E-state index contributed by atoms with van der Waals surface area (Å²) in [6, 6.07) is 15.0. The third-order valence-electron chi connectivity index (χ3n) is 4.08. The molecule has 0 saturated carbocycles. The Morgan fingerprint density at radius 1 is 0.963 bits per heavy atom. The van der Waals surface area contributed by atoms with Crippen LogP contribution in [0.2, 0.25) is 0 Å². The molecule has 2 rings (SSSR count). The molecule has 2 aromatic rings. The number of hydrogen-bond donors (Lipinski definition) is 1. The molecule has 1 N–H and O–H groups in total. The van der Waals surface area contributed by atoms with Crippen LogP contribution in [0.1, 0.15) is 29.3 Å². The van der Waals surface area contributed by atoms with E-state index in [1.54, 1.807) is 18.2 Å². The van der Waals surface area contributed by atoms with Gasteiger partial charge in [-0.05, 0) is 37.5 Å². The molecule has 0 fully saturated rings. The van der Waals surface area contributed by atoms with Crippen molar-refractivity contribution in [2.75, 3.05) is 20.8 Å². The van der Waals surface area contributed by atoms with Gasteiger partial charge in [0.1, 0.15) is 17.1 Å². The third kappa shape index (κ3) is 6.02. The second kappa shape index (κ2) is 10.2. The van der Waals surface area contributed by atoms with Crippen LogP contribution in [0.5, 0.6) is 11.5 Å². The van der Waals surface area contributed by atoms with Gasteiger partial charge in [0.25, 0.3) is 5.91 Å². The molecule has 0 unspecified atom stereocenters. The van der Waals surface area contributed by atoms with Crippen LogP contribution in [0, 0.1) is 0 Å². The molecule has 6 heteroatoms. The predicted molar refractivity (Wildman–Crippen MR) is 102 cm³/mol. The fraction of sp³-hybridized carbons (Fsp3) is 0.333. The van der Waals surface area contributed by atoms with Gasteiger partial charge in [-0.15, -0.1) is 0 Å². The first-order valence-electron chi connectivity index (χ1n) is 8.76. The molecule has 6 nitrogen and oxygen atoms in total. The maximum absolute atomic E-state index is 12.3. The number of aryl methyl sites for hydroxylation is 1. The van der Waals surface area contributed by atoms with Gasteiger partial charge < -0.3 is 19.5 Å². The van der Waals surface area contributed by atoms with E-state index < -0.39 is 5.97 Å². The number of esters is 1. The van der Waals surface area contributed by atoms with Crippen molar-refractivity contribution >= 4 is 11.9 Å². The standard InChI is InChI=1S/C21H25NO5/c1-15(12-13-16-8-5-4-6-9-16)22-19(23)14-27-21(24)20-17(25-2)10-7-11-18(20)26-3/h4-11,15H,12-14H2,1-3H3,(H,22,23)/t15-/m0/s1. The lowest BCUT2D eigenvalue weighted by Crippen LogP contribution is -2.36. The van der Waals surface area contributed by atoms with Crippen LogP contribution in [-0.2, 0) is 16.0 Å². The molecule has 0 bridgehead atoms. The highest BCUT2D eigenvalue weighted by molar-refractivity contribution is 5.96. The highest BCUT2D eigenvalue weighted by atomic mass is 16.5. The van der Waals surface area contributed by atoms with Crippen LogP contribution >= 0.6 is 0 Å². The molecule has 144 valence electrons. The number of hydrogen-bond acceptors (Lipinski definition) is 5. The quantitative estimate of drug-likeness (QED) is 0.686. The van der Waals surface area contributed by atoms with Gasteiger partial charge in [0.05, 0.1) is 14.2 Å². The summed E-state index contributed by atoms with van der Waals surface area (Å²) in [7, 11) is 2.90. The zero-order valence-electron chi connectivity index (χ0n) is 15.9. The van der Waals surface area contributed by atoms with E-state index in [0.717, 1.165) is 12.8 Å². The van der Waals surface area contributed by atoms with Crippen molar-refractivity contribution in [3.8, 4) is 11.5 Å². The Morgan fingerprint density at radius 3 is 2.19 bits per heavy atom. The lowest BCUT2D eigenvalue weighted by molar-refractivity contribution is -0.124. The van der Waals surface area contributed by atoms with Gasteiger partial charge in [-0.3, -0.25) is 4.79 Å². The molecule has 0 saturated heterocycles. The van der Waals surface area contributed by atoms with E-state index in [-0.39, 0.29) is 24.1 Å². The molecule has 0 heterocycles. The van der Waals surface area contributed by atoms with Crippen molar-refractivity contribution < 1.29 is 23.8 Å². The smallest absolute Gasteiger partial charge is 0.346 e. The number of methoxy groups -OCH3 is 2. The van der Waals surface area contributed by atoms with Gasteiger partial charge in [-0.2, -0.15) is 0 Å². The first kappa shape index (κ1) is 20.3. The lowest BCUT2D eigenvalue weighted by atomic mass is 10.1. The summed E-state index contributed by atoms with van der Waals surface area (Å²) in [4.78, 5) is 24.4. The van der Waals surface area contributed by atoms with E-state index in [4.69, 9.17) is 14.2 Å². The van der Waals surface area contributed by atoms with Crippen molar-refractivity contribution in [3.05, 3.63) is 59.7 Å². The average molecular weight is 371 g/mol. The van der Waals surface area contributed by atoms with Crippen LogP contribution in [-0.4, -0.2) is 38.7 Å². The van der Waals surface area contributed by atoms with Crippen LogP contribution in [0.15, 0.2) is 48.5 Å². The number of ether oxygens (including phenoxy) is 3. The number of nitrogens with one attached hydrogen (secondary N) is 1. The maximum atomic E-state index is 12.3. The molecule has 2 aromatic carbocycles. The van der Waals surface area contributed by atoms with E-state index >= 15 is 0 Å². The van der Waals surface area contributed by atoms with Crippen molar-refractivity contribution in [2.24, 2.45) is 0 Å². The topological polar surface area (TPSA) is 73.9 Å². The number of benzene rings is 2. The molecule has 0 radical (unpaired) electrons. The van der Waals surface area contributed by atoms with Crippen molar-refractivity contribution in [1.29, 1.82) is 0 Å². The average Bonchev–Trinajstić information content (AvgIpc) is 2.70. The molecule has 1 atom stereocenters. The summed E-state index contributed by atoms with van der Waals surface area (Å²) in [5, 5.41) is 2.84. The zero-order valence-corrected chi connectivity index (χ0v) is 15.9. The molecular formula is C21H25NO5. The first-order chi connectivity index (χ1) is 13.0. The Balaban J connectivity index is 1.84. The Hall–Kier alpha value is -3.02. The van der Waals surface area contributed by atoms with Crippen LogP contribution < -0.4 is 14.8 Å². The highest BCUT2D eigenvalue weighted by Crippen LogP contribution is 2.28. The summed E-state index contributed by atoms with van der Waals surface area (Å²) < 4.78 is 15.5. The minimum atomic E-state index is -0.670. The summed E-state index contributed by atoms with van der Waals surface area (Å²) in [6.07, 6.45) is 1.66. The fourth-order valence-electron chi connectivity index (χ4n) is 2.67. The predicted octanol–water partition coefficient (Wildman–Crippen LogP) is 3.00. The Labute approximate surface area is 159 Å². The van der Waals surface area contributed by atoms with E-state index in [9.17, 15) is 9.59 Å². The van der Waals surface area contributed by atoms with Crippen molar-refractivity contribution in [3.63, 3.8) is 0 Å². The minimum absolute atomic E-state index is 0.0304. The first-order valence-corrected chi connectivity index (χ1v) is 8.76. The summed E-state index contributed by atoms with van der Waals surface area (Å²) in [6.45, 7) is 1.56. The number of carbonyl (C=O) groups excluding carboxylic acids is 2. The lowest BCUT2D eigenvalue weighted by Gasteiger charge is -2.15. The molecule has 1 amide bonds. The van der Waals surface area contributed by atoms with E-state index in [2.05, 4.69) is 17.4 Å².